The summed E-state index contributed by atoms with van der Waals surface area (Å²) >= 11 is 0. The van der Waals surface area contributed by atoms with Crippen LogP contribution in [-0.4, -0.2) is 48.0 Å². The van der Waals surface area contributed by atoms with Crippen LogP contribution in [-0.2, 0) is 6.54 Å². The number of rotatable bonds is 9. The number of aliphatic imine (C=N–C) groups is 1. The van der Waals surface area contributed by atoms with Crippen LogP contribution in [0.1, 0.15) is 30.5 Å². The molecule has 0 amide bonds. The molecule has 1 aromatic heterocycles. The van der Waals surface area contributed by atoms with Gasteiger partial charge in [0, 0.05) is 23.6 Å². The van der Waals surface area contributed by atoms with Gasteiger partial charge in [0.1, 0.15) is 0 Å². The Labute approximate surface area is 200 Å². The van der Waals surface area contributed by atoms with Gasteiger partial charge in [-0.15, -0.1) is 0 Å². The van der Waals surface area contributed by atoms with E-state index in [1.165, 1.54) is 5.56 Å². The molecule has 6 heteroatoms. The molecule has 0 spiro atoms. The van der Waals surface area contributed by atoms with Crippen LogP contribution in [0.3, 0.4) is 0 Å². The Morgan fingerprint density at radius 2 is 1.62 bits per heavy atom. The maximum Gasteiger partial charge on any atom is 0.199 e. The number of hydrogen-bond donors (Lipinski definition) is 2. The van der Waals surface area contributed by atoms with Crippen molar-refractivity contribution in [2.75, 3.05) is 27.3 Å². The molecule has 6 nitrogen and oxygen atoms in total. The Bertz CT molecular complexity index is 1290. The molecular weight excluding hydrogens is 426 g/mol. The van der Waals surface area contributed by atoms with Gasteiger partial charge in [-0.05, 0) is 51.7 Å². The van der Waals surface area contributed by atoms with Gasteiger partial charge < -0.3 is 24.5 Å². The largest absolute Gasteiger partial charge is 0.494 e. The molecule has 0 bridgehead atoms. The van der Waals surface area contributed by atoms with Crippen LogP contribution in [0.4, 0.5) is 5.69 Å². The van der Waals surface area contributed by atoms with Crippen LogP contribution in [0.25, 0.3) is 10.9 Å². The third-order valence-corrected chi connectivity index (χ3v) is 5.38. The Kier molecular flexibility index (Phi) is 7.18. The summed E-state index contributed by atoms with van der Waals surface area (Å²) in [6.07, 6.45) is 0. The van der Waals surface area contributed by atoms with Crippen LogP contribution < -0.4 is 9.47 Å². The van der Waals surface area contributed by atoms with E-state index in [1.807, 2.05) is 82.5 Å². The summed E-state index contributed by atoms with van der Waals surface area (Å²) in [7, 11) is 4.09. The van der Waals surface area contributed by atoms with Crippen molar-refractivity contribution in [2.24, 2.45) is 4.99 Å². The first-order valence-corrected chi connectivity index (χ1v) is 11.5. The Hall–Kier alpha value is -3.77. The summed E-state index contributed by atoms with van der Waals surface area (Å²) in [6.45, 7) is 5.72. The molecule has 0 aliphatic carbocycles. The van der Waals surface area contributed by atoms with Crippen LogP contribution in [0, 0.1) is 0 Å². The first kappa shape index (κ1) is 23.4. The van der Waals surface area contributed by atoms with E-state index in [2.05, 4.69) is 22.0 Å². The first-order valence-electron chi connectivity index (χ1n) is 11.5. The molecule has 176 valence electrons. The monoisotopic (exact) mass is 457 g/mol. The van der Waals surface area contributed by atoms with E-state index in [1.54, 1.807) is 0 Å². The van der Waals surface area contributed by atoms with Gasteiger partial charge in [0.2, 0.25) is 0 Å². The van der Waals surface area contributed by atoms with E-state index < -0.39 is 0 Å². The van der Waals surface area contributed by atoms with Crippen molar-refractivity contribution in [1.29, 1.82) is 0 Å². The summed E-state index contributed by atoms with van der Waals surface area (Å²) in [6, 6.07) is 21.8. The number of benzene rings is 3. The first-order chi connectivity index (χ1) is 16.5. The number of aromatic hydroxyl groups is 1. The third kappa shape index (κ3) is 5.07. The van der Waals surface area contributed by atoms with Gasteiger partial charge in [-0.25, -0.2) is 4.99 Å². The highest BCUT2D eigenvalue weighted by molar-refractivity contribution is 6.22. The maximum atomic E-state index is 11.0. The molecule has 0 aliphatic heterocycles. The van der Waals surface area contributed by atoms with E-state index in [-0.39, 0.29) is 5.88 Å². The number of nitrogens with one attached hydrogen (secondary N) is 1. The molecule has 1 heterocycles. The van der Waals surface area contributed by atoms with Crippen molar-refractivity contribution in [3.05, 3.63) is 83.4 Å². The number of hydrogen-bond acceptors (Lipinski definition) is 5. The maximum absolute atomic E-state index is 11.0. The third-order valence-electron chi connectivity index (χ3n) is 5.38. The standard InChI is InChI=1S/C28H31N3O3/c1-5-33-24-16-22-23(17-25(24)34-6-2)30-28(32)26(22)27(20-12-8-7-9-13-20)29-21-14-10-11-19(15-21)18-31(3)4/h7-17,30,32H,5-6,18H2,1-4H3. The van der Waals surface area contributed by atoms with Gasteiger partial charge in [-0.2, -0.15) is 0 Å². The Balaban J connectivity index is 1.92. The molecule has 0 saturated carbocycles. The van der Waals surface area contributed by atoms with Crippen LogP contribution in [0.5, 0.6) is 17.4 Å². The number of aromatic amines is 1. The SMILES string of the molecule is CCOc1cc2[nH]c(O)c(C(=Nc3cccc(CN(C)C)c3)c3ccccc3)c2cc1OCC. The average Bonchev–Trinajstić information content (AvgIpc) is 3.13. The molecule has 4 aromatic rings. The summed E-state index contributed by atoms with van der Waals surface area (Å²) in [4.78, 5) is 10.3. The summed E-state index contributed by atoms with van der Waals surface area (Å²) in [5.41, 5.74) is 4.96. The number of H-pyrrole nitrogens is 1. The second-order valence-corrected chi connectivity index (χ2v) is 8.29. The molecule has 2 N–H and O–H groups in total. The molecular formula is C28H31N3O3. The van der Waals surface area contributed by atoms with Gasteiger partial charge in [-0.1, -0.05) is 42.5 Å². The zero-order valence-corrected chi connectivity index (χ0v) is 20.1. The van der Waals surface area contributed by atoms with Crippen molar-refractivity contribution < 1.29 is 14.6 Å². The fourth-order valence-electron chi connectivity index (χ4n) is 4.04. The highest BCUT2D eigenvalue weighted by Crippen LogP contribution is 2.38. The highest BCUT2D eigenvalue weighted by atomic mass is 16.5. The highest BCUT2D eigenvalue weighted by Gasteiger charge is 2.21. The average molecular weight is 458 g/mol. The zero-order chi connectivity index (χ0) is 24.1. The van der Waals surface area contributed by atoms with Gasteiger partial charge in [-0.3, -0.25) is 0 Å². The summed E-state index contributed by atoms with van der Waals surface area (Å²) in [5, 5.41) is 11.9. The minimum atomic E-state index is 0.0538. The van der Waals surface area contributed by atoms with E-state index in [0.717, 1.165) is 28.7 Å². The molecule has 0 fully saturated rings. The Morgan fingerprint density at radius 1 is 0.912 bits per heavy atom. The van der Waals surface area contributed by atoms with Crippen molar-refractivity contribution in [2.45, 2.75) is 20.4 Å². The topological polar surface area (TPSA) is 70.1 Å². The number of fused-ring (bicyclic) bond motifs is 1. The second-order valence-electron chi connectivity index (χ2n) is 8.29. The van der Waals surface area contributed by atoms with Crippen LogP contribution in [0.2, 0.25) is 0 Å². The summed E-state index contributed by atoms with van der Waals surface area (Å²) < 4.78 is 11.6. The lowest BCUT2D eigenvalue weighted by Crippen LogP contribution is -2.10. The quantitative estimate of drug-likeness (QED) is 0.307. The van der Waals surface area contributed by atoms with Gasteiger partial charge >= 0.3 is 0 Å². The van der Waals surface area contributed by atoms with E-state index in [9.17, 15) is 5.11 Å². The molecule has 34 heavy (non-hydrogen) atoms. The number of aromatic nitrogens is 1. The predicted molar refractivity (Wildman–Crippen MR) is 138 cm³/mol. The van der Waals surface area contributed by atoms with Crippen molar-refractivity contribution >= 4 is 22.3 Å². The smallest absolute Gasteiger partial charge is 0.199 e. The lowest BCUT2D eigenvalue weighted by Gasteiger charge is -2.13. The predicted octanol–water partition coefficient (Wildman–Crippen LogP) is 5.90. The summed E-state index contributed by atoms with van der Waals surface area (Å²) in [5.74, 6) is 1.33. The number of ether oxygens (including phenoxy) is 2. The van der Waals surface area contributed by atoms with Gasteiger partial charge in [0.25, 0.3) is 0 Å². The zero-order valence-electron chi connectivity index (χ0n) is 20.1. The molecule has 0 aliphatic rings. The molecule has 0 unspecified atom stereocenters. The van der Waals surface area contributed by atoms with Gasteiger partial charge in [0.15, 0.2) is 17.4 Å². The molecule has 4 rings (SSSR count). The fourth-order valence-corrected chi connectivity index (χ4v) is 4.04. The molecule has 0 saturated heterocycles. The molecule has 3 aromatic carbocycles. The fraction of sp³-hybridized carbons (Fsp3) is 0.250. The van der Waals surface area contributed by atoms with Gasteiger partial charge in [0.05, 0.1) is 35.7 Å². The van der Waals surface area contributed by atoms with E-state index in [0.29, 0.717) is 36.0 Å². The Morgan fingerprint density at radius 3 is 2.29 bits per heavy atom. The normalized spacial score (nSPS) is 11.9. The van der Waals surface area contributed by atoms with Crippen molar-refractivity contribution in [3.63, 3.8) is 0 Å². The number of nitrogens with zero attached hydrogens (tertiary/aromatic N) is 2. The van der Waals surface area contributed by atoms with Crippen LogP contribution in [0.15, 0.2) is 71.7 Å². The van der Waals surface area contributed by atoms with E-state index >= 15 is 0 Å². The minimum Gasteiger partial charge on any atom is -0.494 e. The van der Waals surface area contributed by atoms with E-state index in [4.69, 9.17) is 14.5 Å². The van der Waals surface area contributed by atoms with Crippen LogP contribution >= 0.6 is 0 Å². The van der Waals surface area contributed by atoms with Crippen molar-refractivity contribution in [1.82, 2.24) is 9.88 Å². The molecule has 0 atom stereocenters. The lowest BCUT2D eigenvalue weighted by atomic mass is 10.0. The lowest BCUT2D eigenvalue weighted by molar-refractivity contribution is 0.288. The molecule has 0 radical (unpaired) electrons. The second kappa shape index (κ2) is 10.4. The van der Waals surface area contributed by atoms with Crippen molar-refractivity contribution in [3.8, 4) is 17.4 Å². The minimum absolute atomic E-state index is 0.0538.